The lowest BCUT2D eigenvalue weighted by Crippen LogP contribution is -2.44. The Bertz CT molecular complexity index is 277. The highest BCUT2D eigenvalue weighted by Crippen LogP contribution is 2.21. The molecule has 2 saturated heterocycles. The summed E-state index contributed by atoms with van der Waals surface area (Å²) in [5, 5.41) is 3.29. The first-order valence-corrected chi connectivity index (χ1v) is 7.96. The van der Waals surface area contributed by atoms with Gasteiger partial charge in [-0.25, -0.2) is 0 Å². The number of hydrogen-bond acceptors (Lipinski definition) is 3. The van der Waals surface area contributed by atoms with Crippen LogP contribution in [0.4, 0.5) is 0 Å². The van der Waals surface area contributed by atoms with Gasteiger partial charge in [-0.15, -0.1) is 0 Å². The van der Waals surface area contributed by atoms with Crippen LogP contribution in [0.3, 0.4) is 0 Å². The van der Waals surface area contributed by atoms with Crippen molar-refractivity contribution in [1.82, 2.24) is 15.1 Å². The highest BCUT2D eigenvalue weighted by Gasteiger charge is 2.30. The first kappa shape index (κ1) is 14.8. The molecule has 4 heteroatoms. The number of likely N-dealkylation sites (tertiary alicyclic amines) is 1. The second-order valence-electron chi connectivity index (χ2n) is 5.94. The first-order valence-electron chi connectivity index (χ1n) is 7.96. The van der Waals surface area contributed by atoms with Crippen LogP contribution < -0.4 is 5.32 Å². The van der Waals surface area contributed by atoms with E-state index < -0.39 is 0 Å². The molecule has 0 saturated carbocycles. The third-order valence-electron chi connectivity index (χ3n) is 4.75. The molecule has 2 rings (SSSR count). The van der Waals surface area contributed by atoms with E-state index in [0.29, 0.717) is 5.91 Å². The quantitative estimate of drug-likeness (QED) is 0.812. The Kier molecular flexibility index (Phi) is 5.64. The van der Waals surface area contributed by atoms with Crippen molar-refractivity contribution in [2.75, 3.05) is 45.8 Å². The van der Waals surface area contributed by atoms with Gasteiger partial charge in [0.1, 0.15) is 0 Å². The molecule has 1 N–H and O–H groups in total. The zero-order chi connectivity index (χ0) is 13.7. The fraction of sp³-hybridized carbons (Fsp3) is 0.933. The average Bonchev–Trinajstić information content (AvgIpc) is 2.99. The third kappa shape index (κ3) is 3.93. The first-order chi connectivity index (χ1) is 9.24. The van der Waals surface area contributed by atoms with E-state index >= 15 is 0 Å². The maximum atomic E-state index is 12.3. The summed E-state index contributed by atoms with van der Waals surface area (Å²) >= 11 is 0. The molecular weight excluding hydrogens is 238 g/mol. The van der Waals surface area contributed by atoms with Crippen molar-refractivity contribution >= 4 is 5.91 Å². The SMILES string of the molecule is CCN(CC)CC1CCN(C(=O)C2CCNC2)CC1. The molecule has 1 atom stereocenters. The molecule has 0 bridgehead atoms. The number of carbonyl (C=O) groups is 1. The van der Waals surface area contributed by atoms with Gasteiger partial charge in [0.05, 0.1) is 5.92 Å². The summed E-state index contributed by atoms with van der Waals surface area (Å²) < 4.78 is 0. The lowest BCUT2D eigenvalue weighted by molar-refractivity contribution is -0.136. The lowest BCUT2D eigenvalue weighted by Gasteiger charge is -2.35. The van der Waals surface area contributed by atoms with E-state index in [1.165, 1.54) is 19.4 Å². The summed E-state index contributed by atoms with van der Waals surface area (Å²) in [6.45, 7) is 11.8. The smallest absolute Gasteiger partial charge is 0.227 e. The van der Waals surface area contributed by atoms with Gasteiger partial charge in [-0.1, -0.05) is 13.8 Å². The summed E-state index contributed by atoms with van der Waals surface area (Å²) in [6.07, 6.45) is 3.39. The van der Waals surface area contributed by atoms with Gasteiger partial charge in [0.2, 0.25) is 5.91 Å². The summed E-state index contributed by atoms with van der Waals surface area (Å²) in [7, 11) is 0. The minimum absolute atomic E-state index is 0.249. The van der Waals surface area contributed by atoms with Crippen LogP contribution in [0.1, 0.15) is 33.1 Å². The Morgan fingerprint density at radius 1 is 1.21 bits per heavy atom. The minimum Gasteiger partial charge on any atom is -0.342 e. The Hall–Kier alpha value is -0.610. The van der Waals surface area contributed by atoms with E-state index in [0.717, 1.165) is 51.6 Å². The van der Waals surface area contributed by atoms with Crippen LogP contribution in [0, 0.1) is 11.8 Å². The zero-order valence-corrected chi connectivity index (χ0v) is 12.5. The predicted molar refractivity (Wildman–Crippen MR) is 78.1 cm³/mol. The maximum Gasteiger partial charge on any atom is 0.227 e. The number of hydrogen-bond donors (Lipinski definition) is 1. The second-order valence-corrected chi connectivity index (χ2v) is 5.94. The highest BCUT2D eigenvalue weighted by molar-refractivity contribution is 5.79. The van der Waals surface area contributed by atoms with Crippen molar-refractivity contribution in [3.63, 3.8) is 0 Å². The van der Waals surface area contributed by atoms with Gasteiger partial charge in [0, 0.05) is 26.2 Å². The van der Waals surface area contributed by atoms with E-state index in [2.05, 4.69) is 29.0 Å². The van der Waals surface area contributed by atoms with Gasteiger partial charge in [-0.2, -0.15) is 0 Å². The van der Waals surface area contributed by atoms with E-state index in [1.807, 2.05) is 0 Å². The van der Waals surface area contributed by atoms with Crippen LogP contribution in [-0.4, -0.2) is 61.5 Å². The molecule has 1 unspecified atom stereocenters. The Morgan fingerprint density at radius 2 is 1.89 bits per heavy atom. The average molecular weight is 267 g/mol. The summed E-state index contributed by atoms with van der Waals surface area (Å²) in [6, 6.07) is 0. The molecule has 0 radical (unpaired) electrons. The van der Waals surface area contributed by atoms with Crippen LogP contribution in [0.5, 0.6) is 0 Å². The maximum absolute atomic E-state index is 12.3. The highest BCUT2D eigenvalue weighted by atomic mass is 16.2. The summed E-state index contributed by atoms with van der Waals surface area (Å²) in [5.74, 6) is 1.43. The van der Waals surface area contributed by atoms with Crippen molar-refractivity contribution in [2.45, 2.75) is 33.1 Å². The van der Waals surface area contributed by atoms with Crippen LogP contribution in [0.15, 0.2) is 0 Å². The van der Waals surface area contributed by atoms with Gasteiger partial charge in [-0.3, -0.25) is 4.79 Å². The standard InChI is InChI=1S/C15H29N3O/c1-3-17(4-2)12-13-6-9-18(10-7-13)15(19)14-5-8-16-11-14/h13-14,16H,3-12H2,1-2H3. The van der Waals surface area contributed by atoms with Crippen molar-refractivity contribution in [1.29, 1.82) is 0 Å². The number of piperidine rings is 1. The lowest BCUT2D eigenvalue weighted by atomic mass is 9.95. The number of carbonyl (C=O) groups excluding carboxylic acids is 1. The fourth-order valence-corrected chi connectivity index (χ4v) is 3.31. The number of nitrogens with zero attached hydrogens (tertiary/aromatic N) is 2. The van der Waals surface area contributed by atoms with E-state index in [9.17, 15) is 4.79 Å². The molecule has 2 aliphatic rings. The molecule has 0 aromatic rings. The van der Waals surface area contributed by atoms with Gasteiger partial charge in [0.15, 0.2) is 0 Å². The van der Waals surface area contributed by atoms with E-state index in [1.54, 1.807) is 0 Å². The molecular formula is C15H29N3O. The fourth-order valence-electron chi connectivity index (χ4n) is 3.31. The van der Waals surface area contributed by atoms with Crippen LogP contribution in [-0.2, 0) is 4.79 Å². The molecule has 2 fully saturated rings. The molecule has 0 aromatic heterocycles. The Balaban J connectivity index is 1.74. The molecule has 4 nitrogen and oxygen atoms in total. The molecule has 2 aliphatic heterocycles. The number of amides is 1. The summed E-state index contributed by atoms with van der Waals surface area (Å²) in [4.78, 5) is 16.9. The van der Waals surface area contributed by atoms with Gasteiger partial charge < -0.3 is 15.1 Å². The molecule has 1 amide bonds. The predicted octanol–water partition coefficient (Wildman–Crippen LogP) is 1.18. The monoisotopic (exact) mass is 267 g/mol. The third-order valence-corrected chi connectivity index (χ3v) is 4.75. The Labute approximate surface area is 117 Å². The van der Waals surface area contributed by atoms with E-state index in [-0.39, 0.29) is 5.92 Å². The molecule has 0 aromatic carbocycles. The number of rotatable bonds is 5. The largest absolute Gasteiger partial charge is 0.342 e. The van der Waals surface area contributed by atoms with Crippen molar-refractivity contribution in [3.05, 3.63) is 0 Å². The Morgan fingerprint density at radius 3 is 2.42 bits per heavy atom. The second kappa shape index (κ2) is 7.25. The van der Waals surface area contributed by atoms with E-state index in [4.69, 9.17) is 0 Å². The topological polar surface area (TPSA) is 35.6 Å². The molecule has 110 valence electrons. The molecule has 0 spiro atoms. The van der Waals surface area contributed by atoms with Gasteiger partial charge >= 0.3 is 0 Å². The van der Waals surface area contributed by atoms with Crippen LogP contribution in [0.25, 0.3) is 0 Å². The zero-order valence-electron chi connectivity index (χ0n) is 12.5. The van der Waals surface area contributed by atoms with Crippen molar-refractivity contribution in [2.24, 2.45) is 11.8 Å². The van der Waals surface area contributed by atoms with Crippen molar-refractivity contribution in [3.8, 4) is 0 Å². The van der Waals surface area contributed by atoms with Crippen molar-refractivity contribution < 1.29 is 4.79 Å². The van der Waals surface area contributed by atoms with Gasteiger partial charge in [0.25, 0.3) is 0 Å². The molecule has 2 heterocycles. The molecule has 19 heavy (non-hydrogen) atoms. The summed E-state index contributed by atoms with van der Waals surface area (Å²) in [5.41, 5.74) is 0. The van der Waals surface area contributed by atoms with Gasteiger partial charge in [-0.05, 0) is 44.8 Å². The minimum atomic E-state index is 0.249. The molecule has 0 aliphatic carbocycles. The normalized spacial score (nSPS) is 25.2. The van der Waals surface area contributed by atoms with Crippen LogP contribution in [0.2, 0.25) is 0 Å². The number of nitrogens with one attached hydrogen (secondary N) is 1. The van der Waals surface area contributed by atoms with Crippen LogP contribution >= 0.6 is 0 Å².